The van der Waals surface area contributed by atoms with Crippen LogP contribution in [0.4, 0.5) is 10.2 Å². The van der Waals surface area contributed by atoms with Crippen LogP contribution in [0.1, 0.15) is 17.7 Å². The van der Waals surface area contributed by atoms with Crippen LogP contribution in [0.3, 0.4) is 0 Å². The number of hydrogen-bond donors (Lipinski definition) is 1. The number of aromatic nitrogens is 4. The summed E-state index contributed by atoms with van der Waals surface area (Å²) in [7, 11) is 0. The van der Waals surface area contributed by atoms with E-state index in [1.54, 1.807) is 27.7 Å². The molecule has 1 amide bonds. The first kappa shape index (κ1) is 17.2. The number of anilines is 1. The van der Waals surface area contributed by atoms with Gasteiger partial charge in [0, 0.05) is 25.4 Å². The number of carbonyl (C=O) groups is 1. The van der Waals surface area contributed by atoms with Crippen LogP contribution in [-0.2, 0) is 17.9 Å². The van der Waals surface area contributed by atoms with Gasteiger partial charge in [-0.1, -0.05) is 23.7 Å². The average molecular weight is 362 g/mol. The molecule has 130 valence electrons. The van der Waals surface area contributed by atoms with Crippen LogP contribution < -0.4 is 5.32 Å². The molecule has 2 aromatic heterocycles. The number of rotatable bonds is 6. The van der Waals surface area contributed by atoms with E-state index < -0.39 is 0 Å². The molecule has 1 aromatic carbocycles. The Bertz CT molecular complexity index is 889. The SMILES string of the molecule is Cc1ccn(CCC(=O)Nc2nn(Cc3cccc(F)c3)cc2Cl)n1. The maximum atomic E-state index is 13.2. The van der Waals surface area contributed by atoms with Crippen molar-refractivity contribution >= 4 is 23.3 Å². The van der Waals surface area contributed by atoms with Crippen LogP contribution in [0.2, 0.25) is 5.02 Å². The minimum absolute atomic E-state index is 0.203. The topological polar surface area (TPSA) is 64.7 Å². The molecule has 6 nitrogen and oxygen atoms in total. The van der Waals surface area contributed by atoms with Crippen molar-refractivity contribution in [2.24, 2.45) is 0 Å². The summed E-state index contributed by atoms with van der Waals surface area (Å²) in [6, 6.07) is 8.12. The van der Waals surface area contributed by atoms with E-state index >= 15 is 0 Å². The average Bonchev–Trinajstić information content (AvgIpc) is 3.11. The van der Waals surface area contributed by atoms with E-state index in [0.29, 0.717) is 23.9 Å². The van der Waals surface area contributed by atoms with Crippen molar-refractivity contribution in [1.82, 2.24) is 19.6 Å². The van der Waals surface area contributed by atoms with Crippen molar-refractivity contribution in [1.29, 1.82) is 0 Å². The molecule has 3 aromatic rings. The van der Waals surface area contributed by atoms with Gasteiger partial charge >= 0.3 is 0 Å². The highest BCUT2D eigenvalue weighted by molar-refractivity contribution is 6.33. The van der Waals surface area contributed by atoms with Gasteiger partial charge in [-0.3, -0.25) is 14.2 Å². The molecule has 2 heterocycles. The highest BCUT2D eigenvalue weighted by Crippen LogP contribution is 2.20. The second-order valence-corrected chi connectivity index (χ2v) is 6.08. The number of halogens is 2. The van der Waals surface area contributed by atoms with Crippen molar-refractivity contribution in [3.8, 4) is 0 Å². The minimum atomic E-state index is -0.307. The van der Waals surface area contributed by atoms with E-state index in [9.17, 15) is 9.18 Å². The third-order valence-electron chi connectivity index (χ3n) is 3.55. The molecule has 1 N–H and O–H groups in total. The summed E-state index contributed by atoms with van der Waals surface area (Å²) in [6.45, 7) is 2.72. The Balaban J connectivity index is 1.59. The summed E-state index contributed by atoms with van der Waals surface area (Å²) in [5.74, 6) is -0.219. The standard InChI is InChI=1S/C17H17ClFN5O/c1-12-5-7-23(21-12)8-6-16(25)20-17-15(18)11-24(22-17)10-13-3-2-4-14(19)9-13/h2-5,7,9,11H,6,8,10H2,1H3,(H,20,22,25). The van der Waals surface area contributed by atoms with Gasteiger partial charge in [-0.25, -0.2) is 4.39 Å². The quantitative estimate of drug-likeness (QED) is 0.733. The molecule has 0 fully saturated rings. The minimum Gasteiger partial charge on any atom is -0.308 e. The van der Waals surface area contributed by atoms with Crippen LogP contribution in [0.15, 0.2) is 42.7 Å². The molecule has 0 aliphatic carbocycles. The molecule has 8 heteroatoms. The van der Waals surface area contributed by atoms with Gasteiger partial charge in [-0.2, -0.15) is 10.2 Å². The fourth-order valence-corrected chi connectivity index (χ4v) is 2.58. The first-order chi connectivity index (χ1) is 12.0. The molecule has 25 heavy (non-hydrogen) atoms. The van der Waals surface area contributed by atoms with E-state index in [4.69, 9.17) is 11.6 Å². The lowest BCUT2D eigenvalue weighted by molar-refractivity contribution is -0.116. The molecule has 0 atom stereocenters. The first-order valence-electron chi connectivity index (χ1n) is 7.77. The Hall–Kier alpha value is -2.67. The molecule has 0 unspecified atom stereocenters. The Kier molecular flexibility index (Phi) is 5.14. The zero-order valence-corrected chi connectivity index (χ0v) is 14.4. The molecule has 0 aliphatic rings. The fourth-order valence-electron chi connectivity index (χ4n) is 2.38. The normalized spacial score (nSPS) is 10.8. The lowest BCUT2D eigenvalue weighted by Gasteiger charge is -2.04. The predicted octanol–water partition coefficient (Wildman–Crippen LogP) is 3.26. The van der Waals surface area contributed by atoms with Crippen molar-refractivity contribution < 1.29 is 9.18 Å². The molecule has 0 saturated carbocycles. The van der Waals surface area contributed by atoms with Crippen LogP contribution in [0.5, 0.6) is 0 Å². The lowest BCUT2D eigenvalue weighted by atomic mass is 10.2. The number of carbonyl (C=O) groups excluding carboxylic acids is 1. The number of nitrogens with one attached hydrogen (secondary N) is 1. The molecule has 0 aliphatic heterocycles. The maximum Gasteiger partial charge on any atom is 0.227 e. The first-order valence-corrected chi connectivity index (χ1v) is 8.15. The molecular formula is C17H17ClFN5O. The van der Waals surface area contributed by atoms with Gasteiger partial charge < -0.3 is 5.32 Å². The fraction of sp³-hybridized carbons (Fsp3) is 0.235. The van der Waals surface area contributed by atoms with Gasteiger partial charge in [-0.15, -0.1) is 0 Å². The number of hydrogen-bond acceptors (Lipinski definition) is 3. The lowest BCUT2D eigenvalue weighted by Crippen LogP contribution is -2.15. The van der Waals surface area contributed by atoms with Gasteiger partial charge in [0.25, 0.3) is 0 Å². The zero-order chi connectivity index (χ0) is 17.8. The second kappa shape index (κ2) is 7.48. The summed E-state index contributed by atoms with van der Waals surface area (Å²) in [5, 5.41) is 11.5. The molecule has 0 bridgehead atoms. The smallest absolute Gasteiger partial charge is 0.227 e. The highest BCUT2D eigenvalue weighted by Gasteiger charge is 2.11. The van der Waals surface area contributed by atoms with Crippen molar-refractivity contribution in [2.75, 3.05) is 5.32 Å². The monoisotopic (exact) mass is 361 g/mol. The highest BCUT2D eigenvalue weighted by atomic mass is 35.5. The summed E-state index contributed by atoms with van der Waals surface area (Å²) in [5.41, 5.74) is 1.66. The van der Waals surface area contributed by atoms with Gasteiger partial charge in [0.15, 0.2) is 5.82 Å². The van der Waals surface area contributed by atoms with Crippen molar-refractivity contribution in [3.05, 3.63) is 64.8 Å². The Morgan fingerprint density at radius 2 is 2.12 bits per heavy atom. The summed E-state index contributed by atoms with van der Waals surface area (Å²) in [6.07, 6.45) is 3.68. The number of amides is 1. The van der Waals surface area contributed by atoms with Crippen LogP contribution >= 0.6 is 11.6 Å². The Morgan fingerprint density at radius 3 is 2.84 bits per heavy atom. The maximum absolute atomic E-state index is 13.2. The third-order valence-corrected chi connectivity index (χ3v) is 3.83. The van der Waals surface area contributed by atoms with Gasteiger partial charge in [0.2, 0.25) is 5.91 Å². The van der Waals surface area contributed by atoms with Crippen LogP contribution in [-0.4, -0.2) is 25.5 Å². The number of nitrogens with zero attached hydrogens (tertiary/aromatic N) is 4. The second-order valence-electron chi connectivity index (χ2n) is 5.67. The van der Waals surface area contributed by atoms with Gasteiger partial charge in [-0.05, 0) is 30.7 Å². The van der Waals surface area contributed by atoms with E-state index in [1.807, 2.05) is 19.2 Å². The summed E-state index contributed by atoms with van der Waals surface area (Å²) >= 11 is 6.12. The molecule has 3 rings (SSSR count). The van der Waals surface area contributed by atoms with Gasteiger partial charge in [0.1, 0.15) is 10.8 Å². The van der Waals surface area contributed by atoms with Crippen LogP contribution in [0.25, 0.3) is 0 Å². The Labute approximate surface area is 149 Å². The molecule has 0 saturated heterocycles. The van der Waals surface area contributed by atoms with E-state index in [1.165, 1.54) is 12.1 Å². The van der Waals surface area contributed by atoms with Crippen LogP contribution in [0, 0.1) is 12.7 Å². The summed E-state index contributed by atoms with van der Waals surface area (Å²) in [4.78, 5) is 12.0. The van der Waals surface area contributed by atoms with Crippen molar-refractivity contribution in [2.45, 2.75) is 26.4 Å². The number of benzene rings is 1. The summed E-state index contributed by atoms with van der Waals surface area (Å²) < 4.78 is 16.5. The molecule has 0 spiro atoms. The van der Waals surface area contributed by atoms with E-state index in [0.717, 1.165) is 11.3 Å². The van der Waals surface area contributed by atoms with E-state index in [2.05, 4.69) is 15.5 Å². The zero-order valence-electron chi connectivity index (χ0n) is 13.6. The third kappa shape index (κ3) is 4.67. The largest absolute Gasteiger partial charge is 0.308 e. The molecular weight excluding hydrogens is 345 g/mol. The van der Waals surface area contributed by atoms with Gasteiger partial charge in [0.05, 0.1) is 12.2 Å². The van der Waals surface area contributed by atoms with E-state index in [-0.39, 0.29) is 18.1 Å². The molecule has 0 radical (unpaired) electrons. The Morgan fingerprint density at radius 1 is 1.28 bits per heavy atom. The predicted molar refractivity (Wildman–Crippen MR) is 92.9 cm³/mol. The van der Waals surface area contributed by atoms with Crippen molar-refractivity contribution in [3.63, 3.8) is 0 Å². The number of aryl methyl sites for hydroxylation is 2.